The van der Waals surface area contributed by atoms with Gasteiger partial charge in [0.25, 0.3) is 0 Å². The summed E-state index contributed by atoms with van der Waals surface area (Å²) in [5.74, 6) is 0.940. The van der Waals surface area contributed by atoms with Crippen LogP contribution >= 0.6 is 0 Å². The van der Waals surface area contributed by atoms with Crippen LogP contribution in [0.5, 0.6) is 5.75 Å². The highest BCUT2D eigenvalue weighted by Crippen LogP contribution is 2.26. The molecule has 0 radical (unpaired) electrons. The zero-order valence-electron chi connectivity index (χ0n) is 12.2. The first-order valence-electron chi connectivity index (χ1n) is 7.68. The smallest absolute Gasteiger partial charge is 0.121 e. The third-order valence-corrected chi connectivity index (χ3v) is 4.13. The molecule has 0 aromatic heterocycles. The van der Waals surface area contributed by atoms with Gasteiger partial charge in [-0.2, -0.15) is 0 Å². The van der Waals surface area contributed by atoms with Crippen molar-refractivity contribution >= 4 is 5.69 Å². The maximum Gasteiger partial charge on any atom is 0.121 e. The Hall–Kier alpha value is -1.26. The lowest BCUT2D eigenvalue weighted by atomic mass is 10.0. The summed E-state index contributed by atoms with van der Waals surface area (Å²) in [5.41, 5.74) is 2.63. The van der Waals surface area contributed by atoms with Gasteiger partial charge < -0.3 is 14.8 Å². The summed E-state index contributed by atoms with van der Waals surface area (Å²) in [4.78, 5) is 2.41. The zero-order chi connectivity index (χ0) is 13.8. The number of nitrogens with zero attached hydrogens (tertiary/aromatic N) is 1. The quantitative estimate of drug-likeness (QED) is 0.913. The molecule has 110 valence electrons. The van der Waals surface area contributed by atoms with Crippen LogP contribution in [0.2, 0.25) is 0 Å². The Morgan fingerprint density at radius 1 is 1.45 bits per heavy atom. The van der Waals surface area contributed by atoms with Gasteiger partial charge in [0.2, 0.25) is 0 Å². The van der Waals surface area contributed by atoms with Crippen LogP contribution in [0.3, 0.4) is 0 Å². The van der Waals surface area contributed by atoms with E-state index in [0.717, 1.165) is 38.5 Å². The molecule has 1 atom stereocenters. The van der Waals surface area contributed by atoms with Gasteiger partial charge in [-0.3, -0.25) is 4.90 Å². The topological polar surface area (TPSA) is 33.7 Å². The van der Waals surface area contributed by atoms with E-state index in [1.165, 1.54) is 24.1 Å². The van der Waals surface area contributed by atoms with Gasteiger partial charge in [0.1, 0.15) is 18.5 Å². The van der Waals surface area contributed by atoms with Crippen LogP contribution in [0.15, 0.2) is 18.2 Å². The summed E-state index contributed by atoms with van der Waals surface area (Å²) in [6.45, 7) is 7.80. The molecule has 0 amide bonds. The number of rotatable bonds is 4. The number of anilines is 1. The van der Waals surface area contributed by atoms with Gasteiger partial charge in [0.05, 0.1) is 6.61 Å². The van der Waals surface area contributed by atoms with Crippen molar-refractivity contribution in [1.29, 1.82) is 0 Å². The summed E-state index contributed by atoms with van der Waals surface area (Å²) in [6.07, 6.45) is 2.57. The largest absolute Gasteiger partial charge is 0.491 e. The molecule has 1 aromatic carbocycles. The van der Waals surface area contributed by atoms with Crippen LogP contribution in [-0.4, -0.2) is 50.4 Å². The third kappa shape index (κ3) is 3.25. The summed E-state index contributed by atoms with van der Waals surface area (Å²) in [6, 6.07) is 6.37. The fourth-order valence-electron chi connectivity index (χ4n) is 2.89. The standard InChI is InChI=1S/C16H24N2O2/c1-2-18-8-9-19-15(11-18)12-20-14-6-5-13-4-3-7-17-16(13)10-14/h5-6,10,15,17H,2-4,7-9,11-12H2,1H3. The van der Waals surface area contributed by atoms with Crippen molar-refractivity contribution in [3.8, 4) is 5.75 Å². The lowest BCUT2D eigenvalue weighted by Crippen LogP contribution is -2.44. The van der Waals surface area contributed by atoms with E-state index < -0.39 is 0 Å². The van der Waals surface area contributed by atoms with Gasteiger partial charge in [-0.25, -0.2) is 0 Å². The SMILES string of the molecule is CCN1CCOC(COc2ccc3c(c2)NCCC3)C1. The Labute approximate surface area is 121 Å². The second-order valence-corrected chi connectivity index (χ2v) is 5.55. The Morgan fingerprint density at radius 3 is 3.30 bits per heavy atom. The number of benzene rings is 1. The van der Waals surface area contributed by atoms with E-state index >= 15 is 0 Å². The first-order valence-corrected chi connectivity index (χ1v) is 7.68. The van der Waals surface area contributed by atoms with E-state index in [-0.39, 0.29) is 6.10 Å². The third-order valence-electron chi connectivity index (χ3n) is 4.13. The van der Waals surface area contributed by atoms with Crippen molar-refractivity contribution in [2.45, 2.75) is 25.9 Å². The summed E-state index contributed by atoms with van der Waals surface area (Å²) in [7, 11) is 0. The molecule has 0 saturated carbocycles. The average molecular weight is 276 g/mol. The van der Waals surface area contributed by atoms with E-state index in [1.54, 1.807) is 0 Å². The van der Waals surface area contributed by atoms with E-state index in [0.29, 0.717) is 6.61 Å². The average Bonchev–Trinajstić information content (AvgIpc) is 2.53. The molecule has 2 aliphatic rings. The van der Waals surface area contributed by atoms with E-state index in [9.17, 15) is 0 Å². The van der Waals surface area contributed by atoms with Crippen molar-refractivity contribution in [2.75, 3.05) is 44.7 Å². The zero-order valence-corrected chi connectivity index (χ0v) is 12.2. The van der Waals surface area contributed by atoms with Crippen molar-refractivity contribution in [3.63, 3.8) is 0 Å². The summed E-state index contributed by atoms with van der Waals surface area (Å²) >= 11 is 0. The Morgan fingerprint density at radius 2 is 2.40 bits per heavy atom. The number of ether oxygens (including phenoxy) is 2. The van der Waals surface area contributed by atoms with Crippen LogP contribution in [0.25, 0.3) is 0 Å². The molecule has 1 fully saturated rings. The fourth-order valence-corrected chi connectivity index (χ4v) is 2.89. The molecule has 20 heavy (non-hydrogen) atoms. The molecule has 1 unspecified atom stereocenters. The Kier molecular flexibility index (Phi) is 4.43. The summed E-state index contributed by atoms with van der Waals surface area (Å²) in [5, 5.41) is 3.44. The van der Waals surface area contributed by atoms with Crippen molar-refractivity contribution in [3.05, 3.63) is 23.8 Å². The van der Waals surface area contributed by atoms with Gasteiger partial charge >= 0.3 is 0 Å². The molecule has 0 aliphatic carbocycles. The number of hydrogen-bond donors (Lipinski definition) is 1. The van der Waals surface area contributed by atoms with E-state index in [2.05, 4.69) is 35.3 Å². The highest BCUT2D eigenvalue weighted by atomic mass is 16.5. The normalized spacial score (nSPS) is 22.9. The van der Waals surface area contributed by atoms with Crippen molar-refractivity contribution in [2.24, 2.45) is 0 Å². The molecule has 1 aromatic rings. The second kappa shape index (κ2) is 6.46. The molecule has 3 rings (SSSR count). The van der Waals surface area contributed by atoms with Gasteiger partial charge in [-0.05, 0) is 31.0 Å². The molecule has 0 spiro atoms. The number of nitrogens with one attached hydrogen (secondary N) is 1. The molecule has 0 bridgehead atoms. The molecule has 1 saturated heterocycles. The highest BCUT2D eigenvalue weighted by Gasteiger charge is 2.20. The van der Waals surface area contributed by atoms with Crippen LogP contribution < -0.4 is 10.1 Å². The second-order valence-electron chi connectivity index (χ2n) is 5.55. The summed E-state index contributed by atoms with van der Waals surface area (Å²) < 4.78 is 11.7. The minimum atomic E-state index is 0.188. The number of likely N-dealkylation sites (N-methyl/N-ethyl adjacent to an activating group) is 1. The minimum absolute atomic E-state index is 0.188. The van der Waals surface area contributed by atoms with Gasteiger partial charge in [0, 0.05) is 31.4 Å². The minimum Gasteiger partial charge on any atom is -0.491 e. The van der Waals surface area contributed by atoms with Crippen LogP contribution in [-0.2, 0) is 11.2 Å². The predicted octanol–water partition coefficient (Wildman–Crippen LogP) is 2.14. The maximum absolute atomic E-state index is 5.91. The van der Waals surface area contributed by atoms with Crippen LogP contribution in [0.4, 0.5) is 5.69 Å². The molecule has 4 nitrogen and oxygen atoms in total. The van der Waals surface area contributed by atoms with Crippen molar-refractivity contribution in [1.82, 2.24) is 4.90 Å². The van der Waals surface area contributed by atoms with E-state index in [1.807, 2.05) is 0 Å². The lowest BCUT2D eigenvalue weighted by molar-refractivity contribution is -0.0464. The molecular formula is C16H24N2O2. The molecule has 2 heterocycles. The number of morpholine rings is 1. The number of hydrogen-bond acceptors (Lipinski definition) is 4. The highest BCUT2D eigenvalue weighted by molar-refractivity contribution is 5.56. The lowest BCUT2D eigenvalue weighted by Gasteiger charge is -2.31. The molecular weight excluding hydrogens is 252 g/mol. The Bertz CT molecular complexity index is 450. The molecule has 1 N–H and O–H groups in total. The van der Waals surface area contributed by atoms with Gasteiger partial charge in [-0.1, -0.05) is 13.0 Å². The molecule has 2 aliphatic heterocycles. The first-order chi connectivity index (χ1) is 9.85. The van der Waals surface area contributed by atoms with Crippen molar-refractivity contribution < 1.29 is 9.47 Å². The number of aryl methyl sites for hydroxylation is 1. The van der Waals surface area contributed by atoms with Gasteiger partial charge in [-0.15, -0.1) is 0 Å². The monoisotopic (exact) mass is 276 g/mol. The predicted molar refractivity (Wildman–Crippen MR) is 80.6 cm³/mol. The van der Waals surface area contributed by atoms with E-state index in [4.69, 9.17) is 9.47 Å². The number of fused-ring (bicyclic) bond motifs is 1. The first kappa shape index (κ1) is 13.7. The van der Waals surface area contributed by atoms with Crippen LogP contribution in [0.1, 0.15) is 18.9 Å². The van der Waals surface area contributed by atoms with Gasteiger partial charge in [0.15, 0.2) is 0 Å². The Balaban J connectivity index is 1.55. The van der Waals surface area contributed by atoms with Crippen LogP contribution in [0, 0.1) is 0 Å². The fraction of sp³-hybridized carbons (Fsp3) is 0.625. The molecule has 4 heteroatoms. The maximum atomic E-state index is 5.91.